The average Bonchev–Trinajstić information content (AvgIpc) is 2.85. The fourth-order valence-corrected chi connectivity index (χ4v) is 3.23. The Kier molecular flexibility index (Phi) is 3.93. The minimum absolute atomic E-state index is 0.185. The molecule has 2 heteroatoms. The molecule has 22 heavy (non-hydrogen) atoms. The number of fused-ring (bicyclic) bond motifs is 3. The maximum absolute atomic E-state index is 4.90. The van der Waals surface area contributed by atoms with Crippen LogP contribution in [0, 0.1) is 6.92 Å². The second-order valence-corrected chi connectivity index (χ2v) is 5.48. The Morgan fingerprint density at radius 2 is 1.91 bits per heavy atom. The molecule has 1 heterocycles. The van der Waals surface area contributed by atoms with E-state index in [9.17, 15) is 0 Å². The van der Waals surface area contributed by atoms with Crippen molar-refractivity contribution in [1.82, 2.24) is 0 Å². The summed E-state index contributed by atoms with van der Waals surface area (Å²) in [5.74, 6) is 0. The SMILES string of the molecule is C/C=C\C1CN=C2C(=N1)c1cccc3cc(C)cc2c13.CC. The largest absolute Gasteiger partial charge is 0.280 e. The molecule has 1 atom stereocenters. The summed E-state index contributed by atoms with van der Waals surface area (Å²) in [4.78, 5) is 9.71. The molecule has 0 N–H and O–H groups in total. The molecule has 0 saturated carbocycles. The van der Waals surface area contributed by atoms with Crippen molar-refractivity contribution < 1.29 is 0 Å². The first-order valence-electron chi connectivity index (χ1n) is 8.07. The van der Waals surface area contributed by atoms with Crippen molar-refractivity contribution in [3.8, 4) is 0 Å². The fourth-order valence-electron chi connectivity index (χ4n) is 3.23. The molecule has 0 saturated heterocycles. The van der Waals surface area contributed by atoms with Gasteiger partial charge in [0.1, 0.15) is 0 Å². The van der Waals surface area contributed by atoms with Gasteiger partial charge < -0.3 is 0 Å². The van der Waals surface area contributed by atoms with Crippen LogP contribution in [0.1, 0.15) is 37.5 Å². The van der Waals surface area contributed by atoms with Crippen LogP contribution in [0.2, 0.25) is 0 Å². The number of allylic oxidation sites excluding steroid dienone is 1. The van der Waals surface area contributed by atoms with Crippen LogP contribution in [0.5, 0.6) is 0 Å². The molecule has 1 aliphatic heterocycles. The van der Waals surface area contributed by atoms with E-state index >= 15 is 0 Å². The summed E-state index contributed by atoms with van der Waals surface area (Å²) >= 11 is 0. The predicted molar refractivity (Wildman–Crippen MR) is 96.6 cm³/mol. The topological polar surface area (TPSA) is 24.7 Å². The van der Waals surface area contributed by atoms with E-state index in [2.05, 4.69) is 49.4 Å². The third kappa shape index (κ3) is 2.19. The molecule has 0 fully saturated rings. The summed E-state index contributed by atoms with van der Waals surface area (Å²) in [5.41, 5.74) is 5.94. The summed E-state index contributed by atoms with van der Waals surface area (Å²) in [7, 11) is 0. The highest BCUT2D eigenvalue weighted by atomic mass is 14.9. The lowest BCUT2D eigenvalue weighted by Crippen LogP contribution is -2.22. The van der Waals surface area contributed by atoms with Crippen molar-refractivity contribution in [2.24, 2.45) is 9.98 Å². The van der Waals surface area contributed by atoms with E-state index in [-0.39, 0.29) is 6.04 Å². The van der Waals surface area contributed by atoms with Gasteiger partial charge in [-0.05, 0) is 30.9 Å². The third-order valence-electron chi connectivity index (χ3n) is 4.00. The fraction of sp³-hybridized carbons (Fsp3) is 0.300. The first kappa shape index (κ1) is 14.7. The van der Waals surface area contributed by atoms with Gasteiger partial charge in [-0.15, -0.1) is 0 Å². The van der Waals surface area contributed by atoms with Gasteiger partial charge in [-0.1, -0.05) is 50.3 Å². The number of hydrogen-bond donors (Lipinski definition) is 0. The molecule has 2 aromatic rings. The normalized spacial score (nSPS) is 18.6. The molecule has 0 bridgehead atoms. The molecule has 0 aromatic heterocycles. The van der Waals surface area contributed by atoms with Gasteiger partial charge in [0.15, 0.2) is 0 Å². The average molecular weight is 290 g/mol. The lowest BCUT2D eigenvalue weighted by Gasteiger charge is -2.14. The molecular weight excluding hydrogens is 268 g/mol. The number of aryl methyl sites for hydroxylation is 1. The van der Waals surface area contributed by atoms with Gasteiger partial charge in [-0.2, -0.15) is 0 Å². The van der Waals surface area contributed by atoms with E-state index in [1.807, 2.05) is 20.8 Å². The Bertz CT molecular complexity index is 810. The van der Waals surface area contributed by atoms with Crippen LogP contribution >= 0.6 is 0 Å². The van der Waals surface area contributed by atoms with Gasteiger partial charge >= 0.3 is 0 Å². The van der Waals surface area contributed by atoms with Gasteiger partial charge in [-0.3, -0.25) is 9.98 Å². The Morgan fingerprint density at radius 3 is 2.68 bits per heavy atom. The van der Waals surface area contributed by atoms with E-state index in [0.717, 1.165) is 18.0 Å². The van der Waals surface area contributed by atoms with Crippen LogP contribution in [-0.2, 0) is 0 Å². The highest BCUT2D eigenvalue weighted by molar-refractivity contribution is 6.61. The zero-order valence-electron chi connectivity index (χ0n) is 13.7. The van der Waals surface area contributed by atoms with E-state index in [0.29, 0.717) is 0 Å². The summed E-state index contributed by atoms with van der Waals surface area (Å²) in [6.45, 7) is 8.93. The lowest BCUT2D eigenvalue weighted by atomic mass is 10.0. The van der Waals surface area contributed by atoms with Crippen molar-refractivity contribution in [3.63, 3.8) is 0 Å². The highest BCUT2D eigenvalue weighted by Crippen LogP contribution is 2.34. The zero-order valence-corrected chi connectivity index (χ0v) is 13.7. The van der Waals surface area contributed by atoms with Gasteiger partial charge in [0.05, 0.1) is 24.0 Å². The lowest BCUT2D eigenvalue weighted by molar-refractivity contribution is 0.818. The Morgan fingerprint density at radius 1 is 1.09 bits per heavy atom. The van der Waals surface area contributed by atoms with E-state index in [1.165, 1.54) is 27.5 Å². The monoisotopic (exact) mass is 290 g/mol. The molecule has 1 aliphatic carbocycles. The minimum atomic E-state index is 0.185. The first-order chi connectivity index (χ1) is 10.8. The quantitative estimate of drug-likeness (QED) is 0.679. The van der Waals surface area contributed by atoms with Crippen molar-refractivity contribution in [2.75, 3.05) is 6.54 Å². The van der Waals surface area contributed by atoms with Crippen LogP contribution in [-0.4, -0.2) is 24.0 Å². The van der Waals surface area contributed by atoms with Crippen LogP contribution in [0.4, 0.5) is 0 Å². The molecule has 4 rings (SSSR count). The molecule has 1 unspecified atom stereocenters. The van der Waals surface area contributed by atoms with Crippen LogP contribution in [0.25, 0.3) is 10.8 Å². The second-order valence-electron chi connectivity index (χ2n) is 5.48. The standard InChI is InChI=1S/C18H16N2.C2H6/c1-3-5-13-10-19-17-15-9-11(2)8-12-6-4-7-14(16(12)15)18(17)20-13;1-2/h3-9,13H,10H2,1-2H3;1-2H3/b5-3-;. The summed E-state index contributed by atoms with van der Waals surface area (Å²) in [5, 5.41) is 2.61. The molecular formula is C20H22N2. The van der Waals surface area contributed by atoms with Crippen molar-refractivity contribution in [3.05, 3.63) is 59.2 Å². The van der Waals surface area contributed by atoms with Gasteiger partial charge in [0.2, 0.25) is 0 Å². The second kappa shape index (κ2) is 5.88. The highest BCUT2D eigenvalue weighted by Gasteiger charge is 2.29. The van der Waals surface area contributed by atoms with E-state index in [4.69, 9.17) is 9.98 Å². The third-order valence-corrected chi connectivity index (χ3v) is 4.00. The van der Waals surface area contributed by atoms with Crippen molar-refractivity contribution in [2.45, 2.75) is 33.7 Å². The van der Waals surface area contributed by atoms with Crippen LogP contribution in [0.3, 0.4) is 0 Å². The van der Waals surface area contributed by atoms with Crippen LogP contribution < -0.4 is 0 Å². The molecule has 2 aliphatic rings. The maximum Gasteiger partial charge on any atom is 0.0919 e. The van der Waals surface area contributed by atoms with Gasteiger partial charge in [0.25, 0.3) is 0 Å². The number of nitrogens with zero attached hydrogens (tertiary/aromatic N) is 2. The number of hydrogen-bond acceptors (Lipinski definition) is 2. The zero-order chi connectivity index (χ0) is 15.7. The Labute approximate surface area is 132 Å². The number of aliphatic imine (C=N–C) groups is 2. The molecule has 0 radical (unpaired) electrons. The number of benzene rings is 2. The van der Waals surface area contributed by atoms with Gasteiger partial charge in [-0.25, -0.2) is 0 Å². The Hall–Kier alpha value is -2.22. The van der Waals surface area contributed by atoms with Crippen molar-refractivity contribution in [1.29, 1.82) is 0 Å². The van der Waals surface area contributed by atoms with E-state index < -0.39 is 0 Å². The molecule has 0 spiro atoms. The van der Waals surface area contributed by atoms with Crippen molar-refractivity contribution >= 4 is 22.2 Å². The number of rotatable bonds is 1. The predicted octanol–water partition coefficient (Wildman–Crippen LogP) is 4.72. The Balaban J connectivity index is 0.000000693. The molecule has 2 aromatic carbocycles. The molecule has 2 nitrogen and oxygen atoms in total. The first-order valence-corrected chi connectivity index (χ1v) is 8.07. The summed E-state index contributed by atoms with van der Waals surface area (Å²) in [6, 6.07) is 11.1. The smallest absolute Gasteiger partial charge is 0.0919 e. The van der Waals surface area contributed by atoms with E-state index in [1.54, 1.807) is 0 Å². The molecule has 0 amide bonds. The summed E-state index contributed by atoms with van der Waals surface area (Å²) < 4.78 is 0. The minimum Gasteiger partial charge on any atom is -0.280 e. The van der Waals surface area contributed by atoms with Gasteiger partial charge in [0, 0.05) is 16.5 Å². The maximum atomic E-state index is 4.90. The van der Waals surface area contributed by atoms with Crippen LogP contribution in [0.15, 0.2) is 52.5 Å². The summed E-state index contributed by atoms with van der Waals surface area (Å²) in [6.07, 6.45) is 4.18. The molecule has 112 valence electrons.